The van der Waals surface area contributed by atoms with Crippen molar-refractivity contribution in [3.05, 3.63) is 0 Å². The minimum Gasteiger partial charge on any atom is -0.390 e. The zero-order valence-corrected chi connectivity index (χ0v) is 11.0. The molecule has 0 aromatic rings. The Morgan fingerprint density at radius 1 is 0.762 bits per heavy atom. The maximum absolute atomic E-state index is 9.70. The van der Waals surface area contributed by atoms with Crippen molar-refractivity contribution < 1.29 is 50.0 Å². The standard InChI is InChI=1S/C11H20O10/c12-3-1-5(21-10(17)6(3)13)19-2-4-7(14)8(15)9(16)11(18)20-4/h3-18H,1-2H2/t3-,4+,5+,6-,7+,8-,9+,10-,11+/m1/s1. The highest BCUT2D eigenvalue weighted by Gasteiger charge is 2.44. The molecular weight excluding hydrogens is 292 g/mol. The first-order valence-corrected chi connectivity index (χ1v) is 6.50. The Kier molecular flexibility index (Phi) is 5.48. The maximum atomic E-state index is 9.70. The van der Waals surface area contributed by atoms with Crippen molar-refractivity contribution in [1.82, 2.24) is 0 Å². The van der Waals surface area contributed by atoms with E-state index in [9.17, 15) is 35.7 Å². The Hall–Kier alpha value is -0.400. The molecule has 2 rings (SSSR count). The van der Waals surface area contributed by atoms with E-state index in [1.165, 1.54) is 0 Å². The van der Waals surface area contributed by atoms with Gasteiger partial charge >= 0.3 is 0 Å². The number of rotatable bonds is 3. The van der Waals surface area contributed by atoms with Crippen LogP contribution in [0.4, 0.5) is 0 Å². The fourth-order valence-electron chi connectivity index (χ4n) is 2.20. The van der Waals surface area contributed by atoms with Gasteiger partial charge in [0.15, 0.2) is 18.9 Å². The van der Waals surface area contributed by atoms with E-state index in [0.717, 1.165) is 0 Å². The molecule has 0 aromatic carbocycles. The Balaban J connectivity index is 1.85. The van der Waals surface area contributed by atoms with E-state index in [4.69, 9.17) is 14.2 Å². The van der Waals surface area contributed by atoms with Gasteiger partial charge in [-0.25, -0.2) is 0 Å². The second-order valence-corrected chi connectivity index (χ2v) is 5.12. The van der Waals surface area contributed by atoms with Crippen molar-refractivity contribution >= 4 is 0 Å². The highest BCUT2D eigenvalue weighted by molar-refractivity contribution is 4.88. The lowest BCUT2D eigenvalue weighted by atomic mass is 9.99. The predicted molar refractivity (Wildman–Crippen MR) is 62.4 cm³/mol. The molecule has 9 atom stereocenters. The summed E-state index contributed by atoms with van der Waals surface area (Å²) in [4.78, 5) is 0. The second-order valence-electron chi connectivity index (χ2n) is 5.12. The van der Waals surface area contributed by atoms with E-state index in [0.29, 0.717) is 0 Å². The Labute approximate surface area is 119 Å². The van der Waals surface area contributed by atoms with E-state index in [1.54, 1.807) is 0 Å². The Morgan fingerprint density at radius 2 is 1.38 bits per heavy atom. The molecule has 0 radical (unpaired) electrons. The highest BCUT2D eigenvalue weighted by Crippen LogP contribution is 2.23. The minimum atomic E-state index is -1.68. The lowest BCUT2D eigenvalue weighted by Gasteiger charge is -2.39. The molecule has 0 amide bonds. The third-order valence-corrected chi connectivity index (χ3v) is 3.55. The van der Waals surface area contributed by atoms with Crippen molar-refractivity contribution in [2.75, 3.05) is 6.61 Å². The number of ether oxygens (including phenoxy) is 3. The van der Waals surface area contributed by atoms with Crippen molar-refractivity contribution in [3.63, 3.8) is 0 Å². The fourth-order valence-corrected chi connectivity index (χ4v) is 2.20. The Bertz CT molecular complexity index is 329. The van der Waals surface area contributed by atoms with Gasteiger partial charge in [-0.3, -0.25) is 0 Å². The lowest BCUT2D eigenvalue weighted by Crippen LogP contribution is -2.59. The van der Waals surface area contributed by atoms with E-state index in [2.05, 4.69) is 0 Å². The molecule has 2 saturated heterocycles. The van der Waals surface area contributed by atoms with E-state index < -0.39 is 55.5 Å². The molecule has 10 nitrogen and oxygen atoms in total. The first kappa shape index (κ1) is 17.0. The topological polar surface area (TPSA) is 169 Å². The average molecular weight is 312 g/mol. The molecule has 2 fully saturated rings. The number of aliphatic hydroxyl groups is 7. The van der Waals surface area contributed by atoms with Crippen LogP contribution in [0.1, 0.15) is 6.42 Å². The summed E-state index contributed by atoms with van der Waals surface area (Å²) in [6, 6.07) is 0. The summed E-state index contributed by atoms with van der Waals surface area (Å²) in [5.41, 5.74) is 0. The second kappa shape index (κ2) is 6.79. The molecule has 2 aliphatic rings. The molecule has 10 heteroatoms. The number of hydrogen-bond acceptors (Lipinski definition) is 10. The first-order chi connectivity index (χ1) is 9.81. The van der Waals surface area contributed by atoms with Gasteiger partial charge in [0, 0.05) is 6.42 Å². The summed E-state index contributed by atoms with van der Waals surface area (Å²) >= 11 is 0. The summed E-state index contributed by atoms with van der Waals surface area (Å²) in [6.45, 7) is -0.331. The maximum Gasteiger partial charge on any atom is 0.186 e. The Morgan fingerprint density at radius 3 is 2.00 bits per heavy atom. The van der Waals surface area contributed by atoms with Crippen LogP contribution in [-0.4, -0.2) is 97.8 Å². The van der Waals surface area contributed by atoms with Crippen LogP contribution < -0.4 is 0 Å². The smallest absolute Gasteiger partial charge is 0.186 e. The lowest BCUT2D eigenvalue weighted by molar-refractivity contribution is -0.326. The number of hydrogen-bond donors (Lipinski definition) is 7. The normalized spacial score (nSPS) is 51.9. The van der Waals surface area contributed by atoms with Gasteiger partial charge < -0.3 is 50.0 Å². The summed E-state index contributed by atoms with van der Waals surface area (Å²) in [5.74, 6) is 0. The van der Waals surface area contributed by atoms with E-state index in [-0.39, 0.29) is 13.0 Å². The molecule has 0 spiro atoms. The van der Waals surface area contributed by atoms with Crippen molar-refractivity contribution in [2.45, 2.75) is 61.9 Å². The van der Waals surface area contributed by atoms with Gasteiger partial charge in [-0.05, 0) is 0 Å². The van der Waals surface area contributed by atoms with Crippen molar-refractivity contribution in [3.8, 4) is 0 Å². The van der Waals surface area contributed by atoms with Gasteiger partial charge in [-0.2, -0.15) is 0 Å². The van der Waals surface area contributed by atoms with Gasteiger partial charge in [0.05, 0.1) is 12.7 Å². The summed E-state index contributed by atoms with van der Waals surface area (Å²) in [7, 11) is 0. The van der Waals surface area contributed by atoms with Gasteiger partial charge in [-0.15, -0.1) is 0 Å². The minimum absolute atomic E-state index is 0.116. The third kappa shape index (κ3) is 3.68. The summed E-state index contributed by atoms with van der Waals surface area (Å²) < 4.78 is 14.9. The molecule has 0 aliphatic carbocycles. The largest absolute Gasteiger partial charge is 0.390 e. The molecule has 0 aromatic heterocycles. The zero-order valence-electron chi connectivity index (χ0n) is 11.0. The van der Waals surface area contributed by atoms with Crippen LogP contribution in [0.25, 0.3) is 0 Å². The quantitative estimate of drug-likeness (QED) is 0.270. The molecular formula is C11H20O10. The zero-order chi connectivity index (χ0) is 15.7. The van der Waals surface area contributed by atoms with Gasteiger partial charge in [0.1, 0.15) is 30.5 Å². The van der Waals surface area contributed by atoms with Crippen LogP contribution >= 0.6 is 0 Å². The van der Waals surface area contributed by atoms with E-state index >= 15 is 0 Å². The number of aliphatic hydroxyl groups excluding tert-OH is 7. The third-order valence-electron chi connectivity index (χ3n) is 3.55. The summed E-state index contributed by atoms with van der Waals surface area (Å²) in [5, 5.41) is 65.9. The molecule has 2 heterocycles. The van der Waals surface area contributed by atoms with Crippen molar-refractivity contribution in [2.24, 2.45) is 0 Å². The predicted octanol–water partition coefficient (Wildman–Crippen LogP) is -4.41. The fraction of sp³-hybridized carbons (Fsp3) is 1.00. The molecule has 0 bridgehead atoms. The van der Waals surface area contributed by atoms with Crippen LogP contribution in [0.5, 0.6) is 0 Å². The van der Waals surface area contributed by atoms with E-state index in [1.807, 2.05) is 0 Å². The van der Waals surface area contributed by atoms with Crippen LogP contribution in [0.3, 0.4) is 0 Å². The highest BCUT2D eigenvalue weighted by atomic mass is 16.7. The van der Waals surface area contributed by atoms with Crippen LogP contribution in [0.2, 0.25) is 0 Å². The molecule has 0 saturated carbocycles. The average Bonchev–Trinajstić information content (AvgIpc) is 2.44. The molecule has 7 N–H and O–H groups in total. The molecule has 124 valence electrons. The van der Waals surface area contributed by atoms with Gasteiger partial charge in [0.2, 0.25) is 0 Å². The monoisotopic (exact) mass is 312 g/mol. The SMILES string of the molecule is O[C@@H]1[C@@H](O)[C@H](CO[C@@H]2C[C@@H](O)[C@@H](O)[C@H](O)O2)O[C@H](O)[C@H]1O. The van der Waals surface area contributed by atoms with Gasteiger partial charge in [0.25, 0.3) is 0 Å². The van der Waals surface area contributed by atoms with Crippen LogP contribution in [0, 0.1) is 0 Å². The van der Waals surface area contributed by atoms with Crippen molar-refractivity contribution in [1.29, 1.82) is 0 Å². The van der Waals surface area contributed by atoms with Gasteiger partial charge in [-0.1, -0.05) is 0 Å². The summed E-state index contributed by atoms with van der Waals surface area (Å²) in [6.07, 6.45) is -13.0. The van der Waals surface area contributed by atoms with Crippen LogP contribution in [-0.2, 0) is 14.2 Å². The first-order valence-electron chi connectivity index (χ1n) is 6.50. The molecule has 2 aliphatic heterocycles. The molecule has 0 unspecified atom stereocenters. The van der Waals surface area contributed by atoms with Crippen LogP contribution in [0.15, 0.2) is 0 Å². The molecule has 21 heavy (non-hydrogen) atoms.